The zero-order valence-electron chi connectivity index (χ0n) is 20.5. The number of aromatic nitrogens is 2. The second kappa shape index (κ2) is 12.2. The molecule has 2 aliphatic rings. The van der Waals surface area contributed by atoms with E-state index in [1.807, 2.05) is 0 Å². The summed E-state index contributed by atoms with van der Waals surface area (Å²) in [6.07, 6.45) is -11.5. The highest BCUT2D eigenvalue weighted by molar-refractivity contribution is 8.01. The first-order valence-electron chi connectivity index (χ1n) is 11.5. The molecule has 3 rings (SSSR count). The smallest absolute Gasteiger partial charge is 0.351 e. The van der Waals surface area contributed by atoms with E-state index in [0.717, 1.165) is 18.6 Å². The van der Waals surface area contributed by atoms with Crippen LogP contribution in [0, 0.1) is 0 Å². The van der Waals surface area contributed by atoms with Crippen molar-refractivity contribution >= 4 is 29.5 Å². The molecule has 16 nitrogen and oxygen atoms in total. The average Bonchev–Trinajstić information content (AvgIpc) is 3.15. The fourth-order valence-corrected chi connectivity index (χ4v) is 5.73. The summed E-state index contributed by atoms with van der Waals surface area (Å²) in [5.74, 6) is -1.90. The minimum atomic E-state index is -2.03. The van der Waals surface area contributed by atoms with Crippen LogP contribution in [0.1, 0.15) is 19.6 Å². The van der Waals surface area contributed by atoms with Crippen molar-refractivity contribution < 1.29 is 54.4 Å². The average molecular weight is 565 g/mol. The number of thioether (sulfide) groups is 1. The van der Waals surface area contributed by atoms with E-state index in [4.69, 9.17) is 19.9 Å². The molecule has 0 saturated carbocycles. The van der Waals surface area contributed by atoms with E-state index in [2.05, 4.69) is 10.3 Å². The molecule has 2 saturated heterocycles. The Morgan fingerprint density at radius 2 is 2.03 bits per heavy atom. The lowest BCUT2D eigenvalue weighted by Crippen LogP contribution is -2.66. The number of rotatable bonds is 9. The summed E-state index contributed by atoms with van der Waals surface area (Å²) in [7, 11) is 1.05. The molecule has 0 spiro atoms. The van der Waals surface area contributed by atoms with Crippen LogP contribution in [0.4, 0.5) is 5.82 Å². The van der Waals surface area contributed by atoms with Crippen molar-refractivity contribution in [3.63, 3.8) is 0 Å². The van der Waals surface area contributed by atoms with Crippen LogP contribution in [0.25, 0.3) is 0 Å². The lowest BCUT2D eigenvalue weighted by atomic mass is 9.89. The highest BCUT2D eigenvalue weighted by atomic mass is 32.2. The van der Waals surface area contributed by atoms with Gasteiger partial charge in [0.15, 0.2) is 6.23 Å². The lowest BCUT2D eigenvalue weighted by Gasteiger charge is -2.47. The van der Waals surface area contributed by atoms with Crippen molar-refractivity contribution in [1.29, 1.82) is 0 Å². The number of ether oxygens (including phenoxy) is 3. The summed E-state index contributed by atoms with van der Waals surface area (Å²) in [4.78, 5) is 38.3. The molecule has 1 aromatic heterocycles. The Balaban J connectivity index is 1.86. The van der Waals surface area contributed by atoms with Gasteiger partial charge in [-0.1, -0.05) is 0 Å². The number of nitrogens with two attached hydrogens (primary N) is 1. The molecule has 1 aromatic rings. The number of nitrogens with zero attached hydrogens (tertiary/aromatic N) is 2. The quantitative estimate of drug-likeness (QED) is 0.131. The van der Waals surface area contributed by atoms with Crippen LogP contribution in [0.3, 0.4) is 0 Å². The van der Waals surface area contributed by atoms with Crippen molar-refractivity contribution in [3.8, 4) is 0 Å². The first-order valence-corrected chi connectivity index (χ1v) is 12.5. The fraction of sp³-hybridized carbons (Fsp3) is 0.714. The number of hydrogen-bond donors (Lipinski definition) is 8. The summed E-state index contributed by atoms with van der Waals surface area (Å²) in [6, 6.07) is 0.0270. The van der Waals surface area contributed by atoms with Gasteiger partial charge in [-0.15, -0.1) is 11.8 Å². The maximum atomic E-state index is 12.9. The SMILES string of the molecule is COC(=O)[C@@]1(SC[C@H]2O[C@@H](n3ccc(N)nc3=O)[C@H](O)[C@@H]2O)C[C@H](O)[C@@H](NC(C)=O)[C@H]([C@H](O)[C@H](O)CO)O1. The zero-order chi connectivity index (χ0) is 28.4. The molecule has 38 heavy (non-hydrogen) atoms. The highest BCUT2D eigenvalue weighted by Crippen LogP contribution is 2.43. The Hall–Kier alpha value is -2.35. The van der Waals surface area contributed by atoms with Crippen LogP contribution >= 0.6 is 11.8 Å². The third kappa shape index (κ3) is 6.11. The van der Waals surface area contributed by atoms with E-state index >= 15 is 0 Å². The Kier molecular flexibility index (Phi) is 9.71. The summed E-state index contributed by atoms with van der Waals surface area (Å²) >= 11 is 0.706. The Bertz CT molecular complexity index is 1060. The zero-order valence-corrected chi connectivity index (χ0v) is 21.3. The van der Waals surface area contributed by atoms with E-state index in [1.54, 1.807) is 0 Å². The van der Waals surface area contributed by atoms with Gasteiger partial charge in [0, 0.05) is 25.3 Å². The second-order valence-corrected chi connectivity index (χ2v) is 10.2. The number of carbonyl (C=O) groups is 2. The number of nitrogens with one attached hydrogen (secondary N) is 1. The van der Waals surface area contributed by atoms with E-state index in [9.17, 15) is 45.0 Å². The largest absolute Gasteiger partial charge is 0.466 e. The first kappa shape index (κ1) is 30.2. The van der Waals surface area contributed by atoms with Gasteiger partial charge in [-0.05, 0) is 6.07 Å². The van der Waals surface area contributed by atoms with Gasteiger partial charge in [0.05, 0.1) is 32.0 Å². The van der Waals surface area contributed by atoms with Gasteiger partial charge in [0.25, 0.3) is 0 Å². The molecule has 2 fully saturated rings. The third-order valence-corrected chi connectivity index (χ3v) is 7.69. The number of carbonyl (C=O) groups excluding carboxylic acids is 2. The Labute approximate surface area is 220 Å². The number of hydrogen-bond acceptors (Lipinski definition) is 15. The van der Waals surface area contributed by atoms with Gasteiger partial charge in [0.2, 0.25) is 10.8 Å². The molecular weight excluding hydrogens is 532 g/mol. The first-order chi connectivity index (χ1) is 17.8. The van der Waals surface area contributed by atoms with Crippen LogP contribution in [-0.4, -0.2) is 125 Å². The van der Waals surface area contributed by atoms with Crippen molar-refractivity contribution in [2.24, 2.45) is 0 Å². The normalized spacial score (nSPS) is 34.9. The predicted molar refractivity (Wildman–Crippen MR) is 128 cm³/mol. The molecule has 0 aliphatic carbocycles. The van der Waals surface area contributed by atoms with E-state index in [-0.39, 0.29) is 11.6 Å². The maximum absolute atomic E-state index is 12.9. The van der Waals surface area contributed by atoms with Crippen molar-refractivity contribution in [2.75, 3.05) is 25.2 Å². The van der Waals surface area contributed by atoms with Crippen LogP contribution in [0.5, 0.6) is 0 Å². The molecule has 17 heteroatoms. The minimum absolute atomic E-state index is 0.0555. The minimum Gasteiger partial charge on any atom is -0.466 e. The number of esters is 1. The van der Waals surface area contributed by atoms with Crippen molar-refractivity contribution in [2.45, 2.75) is 73.3 Å². The molecule has 10 atom stereocenters. The fourth-order valence-electron chi connectivity index (χ4n) is 4.36. The van der Waals surface area contributed by atoms with Gasteiger partial charge in [-0.3, -0.25) is 9.36 Å². The number of aliphatic hydroxyl groups excluding tert-OH is 6. The molecule has 9 N–H and O–H groups in total. The van der Waals surface area contributed by atoms with E-state index in [0.29, 0.717) is 11.8 Å². The predicted octanol–water partition coefficient (Wildman–Crippen LogP) is -4.58. The molecule has 0 unspecified atom stereocenters. The topological polar surface area (TPSA) is 256 Å². The second-order valence-electron chi connectivity index (χ2n) is 8.96. The van der Waals surface area contributed by atoms with Crippen molar-refractivity contribution in [1.82, 2.24) is 14.9 Å². The van der Waals surface area contributed by atoms with Gasteiger partial charge in [-0.2, -0.15) is 4.98 Å². The molecule has 0 bridgehead atoms. The van der Waals surface area contributed by atoms with Crippen LogP contribution in [0.15, 0.2) is 17.1 Å². The summed E-state index contributed by atoms with van der Waals surface area (Å²) in [5, 5.41) is 64.2. The molecule has 1 amide bonds. The Morgan fingerprint density at radius 3 is 2.61 bits per heavy atom. The van der Waals surface area contributed by atoms with Crippen LogP contribution in [-0.2, 0) is 23.8 Å². The lowest BCUT2D eigenvalue weighted by molar-refractivity contribution is -0.207. The number of aliphatic hydroxyl groups is 6. The maximum Gasteiger partial charge on any atom is 0.351 e. The molecular formula is C21H32N4O12S. The Morgan fingerprint density at radius 1 is 1.34 bits per heavy atom. The van der Waals surface area contributed by atoms with Gasteiger partial charge in [-0.25, -0.2) is 9.59 Å². The van der Waals surface area contributed by atoms with Gasteiger partial charge in [0.1, 0.15) is 36.3 Å². The van der Waals surface area contributed by atoms with Gasteiger partial charge < -0.3 is 55.9 Å². The summed E-state index contributed by atoms with van der Waals surface area (Å²) in [5.41, 5.74) is 4.65. The number of nitrogen functional groups attached to an aromatic ring is 1. The molecule has 214 valence electrons. The number of methoxy groups -OCH3 is 1. The molecule has 3 heterocycles. The number of anilines is 1. The van der Waals surface area contributed by atoms with E-state index in [1.165, 1.54) is 12.3 Å². The molecule has 0 radical (unpaired) electrons. The highest BCUT2D eigenvalue weighted by Gasteiger charge is 2.56. The van der Waals surface area contributed by atoms with Crippen LogP contribution in [0.2, 0.25) is 0 Å². The molecule has 0 aromatic carbocycles. The van der Waals surface area contributed by atoms with Crippen LogP contribution < -0.4 is 16.7 Å². The third-order valence-electron chi connectivity index (χ3n) is 6.30. The van der Waals surface area contributed by atoms with Gasteiger partial charge >= 0.3 is 11.7 Å². The standard InChI is InChI=1S/C21H32N4O12S/c1-8(27)23-13-9(28)5-21(19(33)35-2,37-17(13)14(30)10(29)6-26)38-7-11-15(31)16(32)18(36-11)25-4-3-12(22)24-20(25)34/h3-4,9-11,13-18,26,28-32H,5-7H2,1-2H3,(H,23,27)(H2,22,24,34)/t9-,10+,11+,13+,14+,15+,16+,17+,18+,21-/m0/s1. The number of amides is 1. The molecule has 2 aliphatic heterocycles. The summed E-state index contributed by atoms with van der Waals surface area (Å²) < 4.78 is 17.4. The van der Waals surface area contributed by atoms with E-state index < -0.39 is 90.5 Å². The monoisotopic (exact) mass is 564 g/mol. The van der Waals surface area contributed by atoms with Crippen molar-refractivity contribution in [3.05, 3.63) is 22.7 Å². The summed E-state index contributed by atoms with van der Waals surface area (Å²) in [6.45, 7) is 0.265.